The van der Waals surface area contributed by atoms with Gasteiger partial charge in [-0.1, -0.05) is 84.9 Å². The molecule has 2 heterocycles. The molecule has 0 bridgehead atoms. The lowest BCUT2D eigenvalue weighted by atomic mass is 10.00. The molecule has 0 aliphatic carbocycles. The number of piperidine rings is 1. The molecule has 8 heteroatoms. The van der Waals surface area contributed by atoms with Crippen LogP contribution in [0, 0.1) is 0 Å². The van der Waals surface area contributed by atoms with Crippen LogP contribution in [-0.4, -0.2) is 50.8 Å². The molecule has 1 N–H and O–H groups in total. The zero-order chi connectivity index (χ0) is 31.9. The van der Waals surface area contributed by atoms with Crippen molar-refractivity contribution in [3.63, 3.8) is 0 Å². The fraction of sp³-hybridized carbons (Fsp3) is 0.289. The summed E-state index contributed by atoms with van der Waals surface area (Å²) < 4.78 is 9.61. The Morgan fingerprint density at radius 2 is 1.39 bits per heavy atom. The number of hydrogen-bond donors (Lipinski definition) is 1. The highest BCUT2D eigenvalue weighted by Crippen LogP contribution is 2.30. The molecule has 1 aliphatic heterocycles. The van der Waals surface area contributed by atoms with Crippen LogP contribution in [0.25, 0.3) is 10.9 Å². The lowest BCUT2D eigenvalue weighted by Gasteiger charge is -2.34. The summed E-state index contributed by atoms with van der Waals surface area (Å²) >= 11 is 0. The Hall–Kier alpha value is -4.79. The Labute approximate surface area is 268 Å². The van der Waals surface area contributed by atoms with Gasteiger partial charge in [-0.15, -0.1) is 0 Å². The number of ether oxygens (including phenoxy) is 1. The van der Waals surface area contributed by atoms with E-state index in [4.69, 9.17) is 4.74 Å². The molecule has 1 fully saturated rings. The molecule has 4 aromatic carbocycles. The summed E-state index contributed by atoms with van der Waals surface area (Å²) in [5, 5.41) is 9.85. The molecule has 1 aliphatic rings. The summed E-state index contributed by atoms with van der Waals surface area (Å²) in [5.74, 6) is -1.05. The average Bonchev–Trinajstić information content (AvgIpc) is 3.10. The number of aryl methyl sites for hydroxylation is 1. The standard InChI is InChI=1S/C38H39N3O5/c42-36-33-18-7-8-19-34(33)40(38(45)41(36)27-28-12-11-17-31(26-28)37(43)44)23-10-9-22-39-24-20-32(21-25-39)46-35(29-13-3-1-4-14-29)30-15-5-2-6-16-30/h1-8,11-19,26,32,35H,9-10,20-25,27H2,(H,43,44). The molecule has 0 unspecified atom stereocenters. The zero-order valence-electron chi connectivity index (χ0n) is 25.8. The molecule has 5 aromatic rings. The van der Waals surface area contributed by atoms with E-state index in [1.54, 1.807) is 28.8 Å². The van der Waals surface area contributed by atoms with Crippen molar-refractivity contribution in [3.05, 3.63) is 152 Å². The molecule has 1 aromatic heterocycles. The van der Waals surface area contributed by atoms with Crippen molar-refractivity contribution >= 4 is 16.9 Å². The van der Waals surface area contributed by atoms with E-state index in [0.29, 0.717) is 23.0 Å². The van der Waals surface area contributed by atoms with Crippen LogP contribution in [-0.2, 0) is 17.8 Å². The van der Waals surface area contributed by atoms with Crippen molar-refractivity contribution < 1.29 is 14.6 Å². The van der Waals surface area contributed by atoms with E-state index >= 15 is 0 Å². The van der Waals surface area contributed by atoms with Gasteiger partial charge in [0.25, 0.3) is 5.56 Å². The van der Waals surface area contributed by atoms with Crippen molar-refractivity contribution in [2.24, 2.45) is 0 Å². The van der Waals surface area contributed by atoms with Crippen LogP contribution in [0.3, 0.4) is 0 Å². The summed E-state index contributed by atoms with van der Waals surface area (Å²) in [6.07, 6.45) is 3.74. The number of carboxylic acid groups (broad SMARTS) is 1. The molecule has 236 valence electrons. The molecule has 0 atom stereocenters. The van der Waals surface area contributed by atoms with E-state index in [-0.39, 0.29) is 35.6 Å². The van der Waals surface area contributed by atoms with E-state index in [9.17, 15) is 19.5 Å². The number of hydrogen-bond acceptors (Lipinski definition) is 5. The predicted molar refractivity (Wildman–Crippen MR) is 179 cm³/mol. The molecule has 46 heavy (non-hydrogen) atoms. The largest absolute Gasteiger partial charge is 0.478 e. The van der Waals surface area contributed by atoms with Crippen molar-refractivity contribution in [2.75, 3.05) is 19.6 Å². The Morgan fingerprint density at radius 3 is 2.07 bits per heavy atom. The third-order valence-corrected chi connectivity index (χ3v) is 8.82. The molecule has 0 amide bonds. The Balaban J connectivity index is 1.07. The first-order valence-corrected chi connectivity index (χ1v) is 16.0. The lowest BCUT2D eigenvalue weighted by molar-refractivity contribution is -0.0271. The van der Waals surface area contributed by atoms with Gasteiger partial charge in [0.2, 0.25) is 0 Å². The van der Waals surface area contributed by atoms with Crippen LogP contribution in [0.5, 0.6) is 0 Å². The highest BCUT2D eigenvalue weighted by molar-refractivity contribution is 5.87. The van der Waals surface area contributed by atoms with E-state index in [1.165, 1.54) is 27.8 Å². The monoisotopic (exact) mass is 617 g/mol. The first kappa shape index (κ1) is 31.2. The number of fused-ring (bicyclic) bond motifs is 1. The van der Waals surface area contributed by atoms with Gasteiger partial charge in [0.05, 0.1) is 29.1 Å². The average molecular weight is 618 g/mol. The fourth-order valence-electron chi connectivity index (χ4n) is 6.38. The van der Waals surface area contributed by atoms with Gasteiger partial charge in [0, 0.05) is 19.6 Å². The number of carboxylic acids is 1. The Morgan fingerprint density at radius 1 is 0.761 bits per heavy atom. The van der Waals surface area contributed by atoms with Gasteiger partial charge in [-0.25, -0.2) is 9.59 Å². The molecular weight excluding hydrogens is 578 g/mol. The number of benzene rings is 4. The molecule has 0 saturated carbocycles. The van der Waals surface area contributed by atoms with Crippen LogP contribution in [0.2, 0.25) is 0 Å². The third kappa shape index (κ3) is 7.19. The molecular formula is C38H39N3O5. The quantitative estimate of drug-likeness (QED) is 0.174. The van der Waals surface area contributed by atoms with Crippen molar-refractivity contribution in [3.8, 4) is 0 Å². The number of unbranched alkanes of at least 4 members (excludes halogenated alkanes) is 1. The van der Waals surface area contributed by atoms with E-state index in [2.05, 4.69) is 53.4 Å². The second kappa shape index (κ2) is 14.5. The summed E-state index contributed by atoms with van der Waals surface area (Å²) in [6, 6.07) is 34.4. The Kier molecular flexibility index (Phi) is 9.86. The van der Waals surface area contributed by atoms with Crippen LogP contribution >= 0.6 is 0 Å². The van der Waals surface area contributed by atoms with Gasteiger partial charge >= 0.3 is 11.7 Å². The number of aromatic carboxylic acids is 1. The normalized spacial score (nSPS) is 14.2. The summed E-state index contributed by atoms with van der Waals surface area (Å²) in [7, 11) is 0. The minimum atomic E-state index is -1.05. The second-order valence-corrected chi connectivity index (χ2v) is 11.9. The van der Waals surface area contributed by atoms with Gasteiger partial charge < -0.3 is 14.7 Å². The smallest absolute Gasteiger partial charge is 0.335 e. The summed E-state index contributed by atoms with van der Waals surface area (Å²) in [6.45, 7) is 3.36. The number of para-hydroxylation sites is 1. The zero-order valence-corrected chi connectivity index (χ0v) is 25.8. The van der Waals surface area contributed by atoms with E-state index in [1.807, 2.05) is 24.3 Å². The lowest BCUT2D eigenvalue weighted by Crippen LogP contribution is -2.40. The maximum absolute atomic E-state index is 13.6. The van der Waals surface area contributed by atoms with Crippen LogP contribution in [0.1, 0.15) is 58.8 Å². The molecule has 0 radical (unpaired) electrons. The molecule has 8 nitrogen and oxygen atoms in total. The third-order valence-electron chi connectivity index (χ3n) is 8.82. The maximum atomic E-state index is 13.6. The molecule has 0 spiro atoms. The van der Waals surface area contributed by atoms with Crippen LogP contribution in [0.4, 0.5) is 0 Å². The first-order valence-electron chi connectivity index (χ1n) is 16.0. The number of nitrogens with zero attached hydrogens (tertiary/aromatic N) is 3. The SMILES string of the molecule is O=C(O)c1cccc(Cn2c(=O)c3ccccc3n(CCCCN3CCC(OC(c4ccccc4)c4ccccc4)CC3)c2=O)c1. The highest BCUT2D eigenvalue weighted by Gasteiger charge is 2.24. The highest BCUT2D eigenvalue weighted by atomic mass is 16.5. The van der Waals surface area contributed by atoms with Gasteiger partial charge in [0.15, 0.2) is 0 Å². The minimum absolute atomic E-state index is 0.00996. The minimum Gasteiger partial charge on any atom is -0.478 e. The number of aromatic nitrogens is 2. The number of likely N-dealkylation sites (tertiary alicyclic amines) is 1. The van der Waals surface area contributed by atoms with Gasteiger partial charge in [-0.05, 0) is 73.2 Å². The van der Waals surface area contributed by atoms with Crippen LogP contribution in [0.15, 0.2) is 119 Å². The molecule has 6 rings (SSSR count). The first-order chi connectivity index (χ1) is 22.5. The maximum Gasteiger partial charge on any atom is 0.335 e. The second-order valence-electron chi connectivity index (χ2n) is 11.9. The van der Waals surface area contributed by atoms with Crippen molar-refractivity contribution in [2.45, 2.75) is 51.0 Å². The van der Waals surface area contributed by atoms with Crippen molar-refractivity contribution in [1.82, 2.24) is 14.0 Å². The predicted octanol–water partition coefficient (Wildman–Crippen LogP) is 5.96. The van der Waals surface area contributed by atoms with Crippen molar-refractivity contribution in [1.29, 1.82) is 0 Å². The fourth-order valence-corrected chi connectivity index (χ4v) is 6.38. The van der Waals surface area contributed by atoms with Crippen LogP contribution < -0.4 is 11.2 Å². The summed E-state index contributed by atoms with van der Waals surface area (Å²) in [4.78, 5) is 40.9. The summed E-state index contributed by atoms with van der Waals surface area (Å²) in [5.41, 5.74) is 2.91. The van der Waals surface area contributed by atoms with E-state index in [0.717, 1.165) is 45.3 Å². The van der Waals surface area contributed by atoms with Gasteiger partial charge in [-0.3, -0.25) is 13.9 Å². The van der Waals surface area contributed by atoms with Gasteiger partial charge in [0.1, 0.15) is 6.10 Å². The number of rotatable bonds is 12. The van der Waals surface area contributed by atoms with Gasteiger partial charge in [-0.2, -0.15) is 0 Å². The van der Waals surface area contributed by atoms with E-state index < -0.39 is 5.97 Å². The Bertz CT molecular complexity index is 1850. The topological polar surface area (TPSA) is 93.8 Å². The number of carbonyl (C=O) groups is 1. The molecule has 1 saturated heterocycles.